The number of hydrogen-bond acceptors (Lipinski definition) is 2. The zero-order valence-electron chi connectivity index (χ0n) is 10.5. The second kappa shape index (κ2) is 6.41. The molecule has 0 aromatic heterocycles. The molecule has 1 aliphatic heterocycles. The highest BCUT2D eigenvalue weighted by atomic mass is 79.9. The predicted octanol–water partition coefficient (Wildman–Crippen LogP) is 3.74. The molecule has 0 saturated carbocycles. The summed E-state index contributed by atoms with van der Waals surface area (Å²) in [6.07, 6.45) is 4.04. The fourth-order valence-electron chi connectivity index (χ4n) is 2.59. The van der Waals surface area contributed by atoms with Crippen LogP contribution < -0.4 is 5.32 Å². The minimum absolute atomic E-state index is 0.819. The number of benzene rings is 1. The van der Waals surface area contributed by atoms with Gasteiger partial charge in [0.25, 0.3) is 0 Å². The van der Waals surface area contributed by atoms with Gasteiger partial charge in [0.05, 0.1) is 0 Å². The van der Waals surface area contributed by atoms with Gasteiger partial charge in [0.1, 0.15) is 0 Å². The predicted molar refractivity (Wildman–Crippen MR) is 77.5 cm³/mol. The molecule has 1 unspecified atom stereocenters. The van der Waals surface area contributed by atoms with Crippen LogP contribution in [0.4, 0.5) is 5.69 Å². The largest absolute Gasteiger partial charge is 0.384 e. The van der Waals surface area contributed by atoms with Crippen LogP contribution in [0.5, 0.6) is 0 Å². The number of rotatable bonds is 5. The Morgan fingerprint density at radius 2 is 2.35 bits per heavy atom. The molecule has 3 heteroatoms. The Labute approximate surface area is 113 Å². The summed E-state index contributed by atoms with van der Waals surface area (Å²) in [5, 5.41) is 3.49. The van der Waals surface area contributed by atoms with Crippen LogP contribution in [0.15, 0.2) is 28.7 Å². The standard InChI is InChI=1S/C14H21BrN2/c1-2-14-7-4-9-17(14)10-8-16-13-6-3-5-12(15)11-13/h3,5-6,11,14,16H,2,4,7-10H2,1H3. The second-order valence-electron chi connectivity index (χ2n) is 4.68. The third kappa shape index (κ3) is 3.71. The SMILES string of the molecule is CCC1CCCN1CCNc1cccc(Br)c1. The number of nitrogens with zero attached hydrogens (tertiary/aromatic N) is 1. The molecule has 1 fully saturated rings. The van der Waals surface area contributed by atoms with Gasteiger partial charge in [-0.1, -0.05) is 28.9 Å². The fourth-order valence-corrected chi connectivity index (χ4v) is 2.99. The number of anilines is 1. The Balaban J connectivity index is 1.76. The Morgan fingerprint density at radius 1 is 1.47 bits per heavy atom. The summed E-state index contributed by atoms with van der Waals surface area (Å²) in [5.41, 5.74) is 1.20. The topological polar surface area (TPSA) is 15.3 Å². The molecule has 1 heterocycles. The van der Waals surface area contributed by atoms with Crippen molar-refractivity contribution in [2.75, 3.05) is 25.0 Å². The molecule has 1 atom stereocenters. The van der Waals surface area contributed by atoms with Crippen LogP contribution in [-0.2, 0) is 0 Å². The molecule has 0 amide bonds. The van der Waals surface area contributed by atoms with Crippen molar-refractivity contribution in [3.63, 3.8) is 0 Å². The maximum absolute atomic E-state index is 3.49. The Kier molecular flexibility index (Phi) is 4.86. The van der Waals surface area contributed by atoms with Crippen molar-refractivity contribution in [1.82, 2.24) is 4.90 Å². The quantitative estimate of drug-likeness (QED) is 0.890. The molecule has 2 rings (SSSR count). The molecule has 0 bridgehead atoms. The lowest BCUT2D eigenvalue weighted by atomic mass is 10.2. The molecule has 1 N–H and O–H groups in total. The van der Waals surface area contributed by atoms with E-state index in [1.54, 1.807) is 0 Å². The number of hydrogen-bond donors (Lipinski definition) is 1. The Bertz CT molecular complexity index is 354. The summed E-state index contributed by atoms with van der Waals surface area (Å²) in [7, 11) is 0. The summed E-state index contributed by atoms with van der Waals surface area (Å²) < 4.78 is 1.13. The van der Waals surface area contributed by atoms with Gasteiger partial charge in [-0.3, -0.25) is 4.90 Å². The molecule has 94 valence electrons. The Hall–Kier alpha value is -0.540. The van der Waals surface area contributed by atoms with Crippen LogP contribution in [0.25, 0.3) is 0 Å². The average Bonchev–Trinajstić information content (AvgIpc) is 2.77. The molecular formula is C14H21BrN2. The first kappa shape index (κ1) is 12.9. The highest BCUT2D eigenvalue weighted by Gasteiger charge is 2.21. The first-order valence-electron chi connectivity index (χ1n) is 6.53. The summed E-state index contributed by atoms with van der Waals surface area (Å²) in [4.78, 5) is 2.62. The van der Waals surface area contributed by atoms with Gasteiger partial charge in [0.2, 0.25) is 0 Å². The fraction of sp³-hybridized carbons (Fsp3) is 0.571. The molecule has 1 saturated heterocycles. The first-order valence-corrected chi connectivity index (χ1v) is 7.32. The minimum Gasteiger partial charge on any atom is -0.384 e. The summed E-state index contributed by atoms with van der Waals surface area (Å²) in [6, 6.07) is 9.18. The van der Waals surface area contributed by atoms with Crippen LogP contribution >= 0.6 is 15.9 Å². The van der Waals surface area contributed by atoms with Crippen molar-refractivity contribution < 1.29 is 0 Å². The molecule has 0 radical (unpaired) electrons. The van der Waals surface area contributed by atoms with Gasteiger partial charge in [-0.2, -0.15) is 0 Å². The van der Waals surface area contributed by atoms with E-state index in [4.69, 9.17) is 0 Å². The van der Waals surface area contributed by atoms with Crippen LogP contribution in [-0.4, -0.2) is 30.6 Å². The molecule has 0 spiro atoms. The summed E-state index contributed by atoms with van der Waals surface area (Å²) in [6.45, 7) is 5.77. The van der Waals surface area contributed by atoms with Gasteiger partial charge in [0, 0.05) is 29.3 Å². The van der Waals surface area contributed by atoms with E-state index in [1.165, 1.54) is 31.5 Å². The smallest absolute Gasteiger partial charge is 0.0351 e. The van der Waals surface area contributed by atoms with Gasteiger partial charge in [-0.25, -0.2) is 0 Å². The molecule has 1 aromatic carbocycles. The van der Waals surface area contributed by atoms with Gasteiger partial charge < -0.3 is 5.32 Å². The third-order valence-corrected chi connectivity index (χ3v) is 4.02. The van der Waals surface area contributed by atoms with Gasteiger partial charge in [-0.05, 0) is 44.0 Å². The Morgan fingerprint density at radius 3 is 3.12 bits per heavy atom. The number of halogens is 1. The van der Waals surface area contributed by atoms with E-state index in [2.05, 4.69) is 57.3 Å². The van der Waals surface area contributed by atoms with E-state index in [9.17, 15) is 0 Å². The minimum atomic E-state index is 0.819. The van der Waals surface area contributed by atoms with Gasteiger partial charge in [0.15, 0.2) is 0 Å². The normalized spacial score (nSPS) is 20.7. The maximum Gasteiger partial charge on any atom is 0.0351 e. The first-order chi connectivity index (χ1) is 8.29. The zero-order chi connectivity index (χ0) is 12.1. The summed E-state index contributed by atoms with van der Waals surface area (Å²) in [5.74, 6) is 0. The number of likely N-dealkylation sites (tertiary alicyclic amines) is 1. The molecule has 0 aliphatic carbocycles. The molecule has 2 nitrogen and oxygen atoms in total. The highest BCUT2D eigenvalue weighted by Crippen LogP contribution is 2.19. The van der Waals surface area contributed by atoms with E-state index >= 15 is 0 Å². The van der Waals surface area contributed by atoms with Crippen molar-refractivity contribution in [2.24, 2.45) is 0 Å². The molecular weight excluding hydrogens is 276 g/mol. The molecule has 1 aliphatic rings. The van der Waals surface area contributed by atoms with Crippen molar-refractivity contribution in [2.45, 2.75) is 32.2 Å². The zero-order valence-corrected chi connectivity index (χ0v) is 12.0. The van der Waals surface area contributed by atoms with E-state index in [0.717, 1.165) is 23.6 Å². The highest BCUT2D eigenvalue weighted by molar-refractivity contribution is 9.10. The second-order valence-corrected chi connectivity index (χ2v) is 5.59. The van der Waals surface area contributed by atoms with Gasteiger partial charge in [-0.15, -0.1) is 0 Å². The summed E-state index contributed by atoms with van der Waals surface area (Å²) >= 11 is 3.49. The lowest BCUT2D eigenvalue weighted by Gasteiger charge is -2.23. The van der Waals surface area contributed by atoms with Gasteiger partial charge >= 0.3 is 0 Å². The van der Waals surface area contributed by atoms with Crippen molar-refractivity contribution in [1.29, 1.82) is 0 Å². The van der Waals surface area contributed by atoms with Crippen molar-refractivity contribution in [3.05, 3.63) is 28.7 Å². The van der Waals surface area contributed by atoms with Crippen molar-refractivity contribution >= 4 is 21.6 Å². The van der Waals surface area contributed by atoms with Crippen molar-refractivity contribution in [3.8, 4) is 0 Å². The van der Waals surface area contributed by atoms with Crippen LogP contribution in [0.3, 0.4) is 0 Å². The lowest BCUT2D eigenvalue weighted by Crippen LogP contribution is -2.33. The van der Waals surface area contributed by atoms with Crippen LogP contribution in [0, 0.1) is 0 Å². The maximum atomic E-state index is 3.49. The molecule has 17 heavy (non-hydrogen) atoms. The lowest BCUT2D eigenvalue weighted by molar-refractivity contribution is 0.258. The van der Waals surface area contributed by atoms with E-state index in [-0.39, 0.29) is 0 Å². The number of nitrogens with one attached hydrogen (secondary N) is 1. The monoisotopic (exact) mass is 296 g/mol. The van der Waals surface area contributed by atoms with E-state index < -0.39 is 0 Å². The van der Waals surface area contributed by atoms with E-state index in [0.29, 0.717) is 0 Å². The molecule has 1 aromatic rings. The van der Waals surface area contributed by atoms with Crippen LogP contribution in [0.1, 0.15) is 26.2 Å². The van der Waals surface area contributed by atoms with E-state index in [1.807, 2.05) is 0 Å². The average molecular weight is 297 g/mol. The van der Waals surface area contributed by atoms with Crippen LogP contribution in [0.2, 0.25) is 0 Å². The third-order valence-electron chi connectivity index (χ3n) is 3.52.